The van der Waals surface area contributed by atoms with Gasteiger partial charge in [0.15, 0.2) is 0 Å². The summed E-state index contributed by atoms with van der Waals surface area (Å²) in [4.78, 5) is 26.0. The van der Waals surface area contributed by atoms with Crippen molar-refractivity contribution in [2.24, 2.45) is 0 Å². The average molecular weight is 368 g/mol. The third-order valence-corrected chi connectivity index (χ3v) is 4.50. The van der Waals surface area contributed by atoms with Crippen LogP contribution >= 0.6 is 0 Å². The lowest BCUT2D eigenvalue weighted by Gasteiger charge is -2.17. The summed E-state index contributed by atoms with van der Waals surface area (Å²) in [5, 5.41) is 3.59. The van der Waals surface area contributed by atoms with Gasteiger partial charge in [0.1, 0.15) is 11.4 Å². The largest absolute Gasteiger partial charge is 0.422 e. The summed E-state index contributed by atoms with van der Waals surface area (Å²) in [5.41, 5.74) is 3.50. The summed E-state index contributed by atoms with van der Waals surface area (Å²) >= 11 is 0. The fourth-order valence-electron chi connectivity index (χ4n) is 2.98. The topological polar surface area (TPSA) is 62.6 Å². The summed E-state index contributed by atoms with van der Waals surface area (Å²) in [6, 6.07) is 11.0. The van der Waals surface area contributed by atoms with Gasteiger partial charge in [-0.05, 0) is 61.9 Å². The van der Waals surface area contributed by atoms with E-state index in [1.807, 2.05) is 30.9 Å². The van der Waals surface area contributed by atoms with E-state index in [0.29, 0.717) is 17.8 Å². The average Bonchev–Trinajstić information content (AvgIpc) is 2.60. The monoisotopic (exact) mass is 368 g/mol. The zero-order chi connectivity index (χ0) is 19.6. The molecule has 0 saturated carbocycles. The minimum atomic E-state index is -0.407. The van der Waals surface area contributed by atoms with Crippen LogP contribution in [0.15, 0.2) is 51.7 Å². The van der Waals surface area contributed by atoms with Crippen molar-refractivity contribution in [2.75, 3.05) is 18.9 Å². The zero-order valence-corrected chi connectivity index (χ0v) is 15.5. The van der Waals surface area contributed by atoms with E-state index in [-0.39, 0.29) is 18.3 Å². The quantitative estimate of drug-likeness (QED) is 0.699. The molecule has 1 heterocycles. The number of likely N-dealkylation sites (N-methyl/N-ethyl adjacent to an activating group) is 1. The number of nitrogens with one attached hydrogen (secondary N) is 1. The fraction of sp³-hybridized carbons (Fsp3) is 0.238. The van der Waals surface area contributed by atoms with Gasteiger partial charge < -0.3 is 9.73 Å². The number of halogens is 1. The predicted octanol–water partition coefficient (Wildman–Crippen LogP) is 3.62. The van der Waals surface area contributed by atoms with Crippen LogP contribution in [0.4, 0.5) is 10.1 Å². The van der Waals surface area contributed by atoms with Crippen molar-refractivity contribution >= 4 is 22.6 Å². The van der Waals surface area contributed by atoms with E-state index in [2.05, 4.69) is 5.32 Å². The van der Waals surface area contributed by atoms with Crippen LogP contribution in [0.1, 0.15) is 16.7 Å². The molecule has 140 valence electrons. The lowest BCUT2D eigenvalue weighted by atomic mass is 10.0. The number of carbonyl (C=O) groups excluding carboxylic acids is 1. The Balaban J connectivity index is 1.75. The van der Waals surface area contributed by atoms with E-state index < -0.39 is 5.63 Å². The molecular weight excluding hydrogens is 347 g/mol. The van der Waals surface area contributed by atoms with Crippen LogP contribution in [0, 0.1) is 19.7 Å². The molecule has 0 aliphatic carbocycles. The first-order valence-electron chi connectivity index (χ1n) is 8.60. The number of benzene rings is 2. The number of aryl methyl sites for hydroxylation is 2. The molecule has 2 aromatic carbocycles. The van der Waals surface area contributed by atoms with E-state index in [4.69, 9.17) is 4.42 Å². The lowest BCUT2D eigenvalue weighted by Crippen LogP contribution is -2.30. The highest BCUT2D eigenvalue weighted by Gasteiger charge is 2.13. The maximum atomic E-state index is 12.9. The Morgan fingerprint density at radius 3 is 2.56 bits per heavy atom. The fourth-order valence-corrected chi connectivity index (χ4v) is 2.98. The molecule has 0 spiro atoms. The second-order valence-corrected chi connectivity index (χ2v) is 6.70. The highest BCUT2D eigenvalue weighted by atomic mass is 19.1. The second kappa shape index (κ2) is 7.72. The molecule has 6 heteroatoms. The van der Waals surface area contributed by atoms with E-state index in [9.17, 15) is 14.0 Å². The normalized spacial score (nSPS) is 11.1. The molecule has 1 aromatic heterocycles. The molecule has 3 rings (SSSR count). The van der Waals surface area contributed by atoms with Crippen molar-refractivity contribution in [2.45, 2.75) is 20.4 Å². The zero-order valence-electron chi connectivity index (χ0n) is 15.5. The minimum absolute atomic E-state index is 0.129. The Labute approximate surface area is 156 Å². The molecule has 0 fully saturated rings. The summed E-state index contributed by atoms with van der Waals surface area (Å²) in [7, 11) is 1.80. The number of nitrogens with zero attached hydrogens (tertiary/aromatic N) is 1. The van der Waals surface area contributed by atoms with E-state index in [0.717, 1.165) is 22.1 Å². The van der Waals surface area contributed by atoms with Crippen LogP contribution < -0.4 is 10.9 Å². The molecule has 0 atom stereocenters. The van der Waals surface area contributed by atoms with Gasteiger partial charge in [-0.3, -0.25) is 9.69 Å². The van der Waals surface area contributed by atoms with Gasteiger partial charge in [-0.1, -0.05) is 12.1 Å². The van der Waals surface area contributed by atoms with Gasteiger partial charge >= 0.3 is 5.63 Å². The first-order chi connectivity index (χ1) is 12.8. The summed E-state index contributed by atoms with van der Waals surface area (Å²) in [5.74, 6) is -0.575. The molecule has 0 radical (unpaired) electrons. The molecule has 5 nitrogen and oxygen atoms in total. The van der Waals surface area contributed by atoms with Crippen molar-refractivity contribution in [3.63, 3.8) is 0 Å². The Kier molecular flexibility index (Phi) is 5.37. The van der Waals surface area contributed by atoms with Crippen LogP contribution in [-0.4, -0.2) is 24.4 Å². The van der Waals surface area contributed by atoms with Crippen LogP contribution in [0.2, 0.25) is 0 Å². The van der Waals surface area contributed by atoms with Gasteiger partial charge in [0.25, 0.3) is 0 Å². The van der Waals surface area contributed by atoms with E-state index in [1.54, 1.807) is 7.05 Å². The molecule has 0 aliphatic heterocycles. The number of anilines is 1. The van der Waals surface area contributed by atoms with E-state index in [1.165, 1.54) is 30.3 Å². The molecule has 0 unspecified atom stereocenters. The van der Waals surface area contributed by atoms with Crippen LogP contribution in [0.3, 0.4) is 0 Å². The number of amides is 1. The molecule has 0 aliphatic rings. The minimum Gasteiger partial charge on any atom is -0.422 e. The maximum Gasteiger partial charge on any atom is 0.336 e. The number of rotatable bonds is 5. The Bertz CT molecular complexity index is 1040. The first-order valence-corrected chi connectivity index (χ1v) is 8.60. The summed E-state index contributed by atoms with van der Waals surface area (Å²) in [6.07, 6.45) is 0. The van der Waals surface area contributed by atoms with E-state index >= 15 is 0 Å². The van der Waals surface area contributed by atoms with Crippen molar-refractivity contribution in [1.82, 2.24) is 4.90 Å². The Hall–Kier alpha value is -2.99. The molecular formula is C21H21FN2O3. The van der Waals surface area contributed by atoms with Crippen LogP contribution in [0.25, 0.3) is 11.0 Å². The van der Waals surface area contributed by atoms with Gasteiger partial charge in [0, 0.05) is 23.7 Å². The highest BCUT2D eigenvalue weighted by molar-refractivity contribution is 5.92. The van der Waals surface area contributed by atoms with Gasteiger partial charge in [0.05, 0.1) is 6.54 Å². The molecule has 1 amide bonds. The smallest absolute Gasteiger partial charge is 0.336 e. The van der Waals surface area contributed by atoms with Crippen molar-refractivity contribution in [3.8, 4) is 0 Å². The molecule has 0 bridgehead atoms. The first kappa shape index (κ1) is 18.8. The number of carbonyl (C=O) groups is 1. The molecule has 1 N–H and O–H groups in total. The Morgan fingerprint density at radius 1 is 1.15 bits per heavy atom. The van der Waals surface area contributed by atoms with Crippen molar-refractivity contribution in [3.05, 3.63) is 75.4 Å². The summed E-state index contributed by atoms with van der Waals surface area (Å²) < 4.78 is 18.3. The number of hydrogen-bond donors (Lipinski definition) is 1. The predicted molar refractivity (Wildman–Crippen MR) is 103 cm³/mol. The highest BCUT2D eigenvalue weighted by Crippen LogP contribution is 2.24. The third kappa shape index (κ3) is 4.41. The summed E-state index contributed by atoms with van der Waals surface area (Å²) in [6.45, 7) is 4.43. The van der Waals surface area contributed by atoms with Gasteiger partial charge in [-0.15, -0.1) is 0 Å². The van der Waals surface area contributed by atoms with Crippen molar-refractivity contribution < 1.29 is 13.6 Å². The number of fused-ring (bicyclic) bond motifs is 1. The van der Waals surface area contributed by atoms with Gasteiger partial charge in [0.2, 0.25) is 5.91 Å². The Morgan fingerprint density at radius 2 is 1.85 bits per heavy atom. The van der Waals surface area contributed by atoms with Gasteiger partial charge in [-0.25, -0.2) is 9.18 Å². The SMILES string of the molecule is Cc1ccc2c(CN(C)CC(=O)Nc3ccc(F)cc3)cc(=O)oc2c1C. The standard InChI is InChI=1S/C21H21FN2O3/c1-13-4-9-18-15(10-20(26)27-21(18)14(13)2)11-24(3)12-19(25)23-17-7-5-16(22)6-8-17/h4-10H,11-12H2,1-3H3,(H,23,25). The third-order valence-electron chi connectivity index (χ3n) is 4.50. The molecule has 27 heavy (non-hydrogen) atoms. The second-order valence-electron chi connectivity index (χ2n) is 6.70. The molecule has 0 saturated heterocycles. The van der Waals surface area contributed by atoms with Crippen LogP contribution in [0.5, 0.6) is 0 Å². The number of hydrogen-bond acceptors (Lipinski definition) is 4. The van der Waals surface area contributed by atoms with Crippen LogP contribution in [-0.2, 0) is 11.3 Å². The lowest BCUT2D eigenvalue weighted by molar-refractivity contribution is -0.117. The molecule has 3 aromatic rings. The van der Waals surface area contributed by atoms with Gasteiger partial charge in [-0.2, -0.15) is 0 Å². The maximum absolute atomic E-state index is 12.9. The van der Waals surface area contributed by atoms with Crippen molar-refractivity contribution in [1.29, 1.82) is 0 Å².